The average Bonchev–Trinajstić information content (AvgIpc) is 3.18. The number of nitrogens with one attached hydrogen (secondary N) is 1. The first-order valence-electron chi connectivity index (χ1n) is 9.49. The number of amides is 2. The molecule has 26 heavy (non-hydrogen) atoms. The number of anilines is 1. The van der Waals surface area contributed by atoms with Gasteiger partial charge in [-0.1, -0.05) is 6.07 Å². The van der Waals surface area contributed by atoms with E-state index in [1.165, 1.54) is 12.8 Å². The van der Waals surface area contributed by atoms with Crippen molar-refractivity contribution in [1.82, 2.24) is 14.5 Å². The van der Waals surface area contributed by atoms with Crippen molar-refractivity contribution < 1.29 is 9.53 Å². The number of nitrogens with zero attached hydrogens (tertiary/aromatic N) is 3. The molecule has 6 nitrogen and oxygen atoms in total. The Morgan fingerprint density at radius 3 is 2.81 bits per heavy atom. The van der Waals surface area contributed by atoms with Gasteiger partial charge in [0.1, 0.15) is 11.6 Å². The van der Waals surface area contributed by atoms with Crippen LogP contribution in [0.5, 0.6) is 5.75 Å². The number of hydrogen-bond acceptors (Lipinski definition) is 3. The van der Waals surface area contributed by atoms with Crippen molar-refractivity contribution in [1.29, 1.82) is 0 Å². The van der Waals surface area contributed by atoms with Crippen LogP contribution in [-0.4, -0.2) is 32.6 Å². The van der Waals surface area contributed by atoms with Crippen LogP contribution in [0.4, 0.5) is 10.5 Å². The second-order valence-corrected chi connectivity index (χ2v) is 7.30. The lowest BCUT2D eigenvalue weighted by molar-refractivity contribution is 0.204. The number of urea groups is 1. The number of hydrogen-bond donors (Lipinski definition) is 1. The largest absolute Gasteiger partial charge is 0.490 e. The van der Waals surface area contributed by atoms with E-state index in [9.17, 15) is 4.79 Å². The Morgan fingerprint density at radius 1 is 1.31 bits per heavy atom. The normalized spacial score (nSPS) is 17.3. The Balaban J connectivity index is 1.41. The van der Waals surface area contributed by atoms with Crippen molar-refractivity contribution in [3.63, 3.8) is 0 Å². The van der Waals surface area contributed by atoms with Gasteiger partial charge in [0.05, 0.1) is 12.6 Å². The van der Waals surface area contributed by atoms with Gasteiger partial charge in [0, 0.05) is 37.2 Å². The highest BCUT2D eigenvalue weighted by Gasteiger charge is 2.33. The summed E-state index contributed by atoms with van der Waals surface area (Å²) >= 11 is 0. The maximum atomic E-state index is 12.8. The molecule has 1 heterocycles. The van der Waals surface area contributed by atoms with Crippen LogP contribution >= 0.6 is 0 Å². The highest BCUT2D eigenvalue weighted by molar-refractivity contribution is 5.89. The second-order valence-electron chi connectivity index (χ2n) is 7.30. The lowest BCUT2D eigenvalue weighted by Gasteiger charge is -2.23. The Hall–Kier alpha value is -2.50. The van der Waals surface area contributed by atoms with Gasteiger partial charge in [-0.2, -0.15) is 0 Å². The van der Waals surface area contributed by atoms with Crippen molar-refractivity contribution in [3.05, 3.63) is 42.5 Å². The van der Waals surface area contributed by atoms with Crippen LogP contribution in [0.15, 0.2) is 36.7 Å². The number of carbonyl (C=O) groups is 1. The summed E-state index contributed by atoms with van der Waals surface area (Å²) in [5.74, 6) is 1.72. The predicted octanol–water partition coefficient (Wildman–Crippen LogP) is 3.94. The smallest absolute Gasteiger partial charge is 0.322 e. The molecule has 1 N–H and O–H groups in total. The van der Waals surface area contributed by atoms with E-state index in [0.717, 1.165) is 42.9 Å². The molecule has 2 saturated carbocycles. The van der Waals surface area contributed by atoms with E-state index in [0.29, 0.717) is 18.7 Å². The van der Waals surface area contributed by atoms with Gasteiger partial charge in [-0.25, -0.2) is 9.78 Å². The summed E-state index contributed by atoms with van der Waals surface area (Å²) in [6.45, 7) is 0.526. The van der Waals surface area contributed by atoms with Crippen LogP contribution in [0.25, 0.3) is 0 Å². The minimum absolute atomic E-state index is 0.0754. The number of benzene rings is 1. The highest BCUT2D eigenvalue weighted by Crippen LogP contribution is 2.30. The summed E-state index contributed by atoms with van der Waals surface area (Å²) < 4.78 is 8.00. The minimum Gasteiger partial charge on any atom is -0.490 e. The van der Waals surface area contributed by atoms with Crippen LogP contribution in [0.3, 0.4) is 0 Å². The maximum Gasteiger partial charge on any atom is 0.322 e. The summed E-state index contributed by atoms with van der Waals surface area (Å²) in [7, 11) is 1.95. The van der Waals surface area contributed by atoms with Gasteiger partial charge >= 0.3 is 6.03 Å². The SMILES string of the molecule is Cn1ccnc1CN(C(=O)Nc1cccc(OC2CCCC2)c1)C1CC1. The molecule has 2 aliphatic carbocycles. The van der Waals surface area contributed by atoms with Crippen molar-refractivity contribution >= 4 is 11.7 Å². The quantitative estimate of drug-likeness (QED) is 0.855. The number of ether oxygens (including phenoxy) is 1. The molecule has 0 bridgehead atoms. The second kappa shape index (κ2) is 7.40. The molecule has 0 radical (unpaired) electrons. The molecule has 0 spiro atoms. The van der Waals surface area contributed by atoms with Crippen LogP contribution in [0.2, 0.25) is 0 Å². The molecule has 6 heteroatoms. The van der Waals surface area contributed by atoms with Crippen molar-refractivity contribution in [2.75, 3.05) is 5.32 Å². The van der Waals surface area contributed by atoms with Crippen LogP contribution in [0.1, 0.15) is 44.3 Å². The number of rotatable bonds is 6. The van der Waals surface area contributed by atoms with Gasteiger partial charge in [0.2, 0.25) is 0 Å². The van der Waals surface area contributed by atoms with Crippen LogP contribution < -0.4 is 10.1 Å². The average molecular weight is 354 g/mol. The van der Waals surface area contributed by atoms with E-state index in [1.807, 2.05) is 47.0 Å². The molecular weight excluding hydrogens is 328 g/mol. The lowest BCUT2D eigenvalue weighted by Crippen LogP contribution is -2.37. The number of carbonyl (C=O) groups excluding carboxylic acids is 1. The molecule has 1 aromatic heterocycles. The number of aryl methyl sites for hydroxylation is 1. The zero-order chi connectivity index (χ0) is 17.9. The van der Waals surface area contributed by atoms with E-state index in [4.69, 9.17) is 4.74 Å². The molecule has 1 aromatic carbocycles. The fourth-order valence-corrected chi connectivity index (χ4v) is 3.50. The third-order valence-corrected chi connectivity index (χ3v) is 5.17. The maximum absolute atomic E-state index is 12.8. The van der Waals surface area contributed by atoms with E-state index < -0.39 is 0 Å². The van der Waals surface area contributed by atoms with Gasteiger partial charge in [-0.05, 0) is 50.7 Å². The lowest BCUT2D eigenvalue weighted by atomic mass is 10.2. The summed E-state index contributed by atoms with van der Waals surface area (Å²) in [6.07, 6.45) is 10.8. The fourth-order valence-electron chi connectivity index (χ4n) is 3.50. The highest BCUT2D eigenvalue weighted by atomic mass is 16.5. The molecular formula is C20H26N4O2. The summed E-state index contributed by atoms with van der Waals surface area (Å²) in [5.41, 5.74) is 0.774. The number of imidazole rings is 1. The Morgan fingerprint density at radius 2 is 2.12 bits per heavy atom. The first-order chi connectivity index (χ1) is 12.7. The van der Waals surface area contributed by atoms with Gasteiger partial charge < -0.3 is 19.5 Å². The van der Waals surface area contributed by atoms with Gasteiger partial charge in [0.15, 0.2) is 0 Å². The van der Waals surface area contributed by atoms with E-state index in [1.54, 1.807) is 6.20 Å². The van der Waals surface area contributed by atoms with E-state index in [2.05, 4.69) is 10.3 Å². The molecule has 0 atom stereocenters. The molecule has 2 amide bonds. The zero-order valence-electron chi connectivity index (χ0n) is 15.2. The molecule has 4 rings (SSSR count). The first kappa shape index (κ1) is 16.9. The Bertz CT molecular complexity index is 763. The fraction of sp³-hybridized carbons (Fsp3) is 0.500. The van der Waals surface area contributed by atoms with Gasteiger partial charge in [-0.3, -0.25) is 0 Å². The van der Waals surface area contributed by atoms with Crippen molar-refractivity contribution in [2.45, 2.75) is 57.2 Å². The molecule has 0 unspecified atom stereocenters. The summed E-state index contributed by atoms with van der Waals surface area (Å²) in [6, 6.07) is 7.95. The summed E-state index contributed by atoms with van der Waals surface area (Å²) in [5, 5.41) is 3.03. The number of aromatic nitrogens is 2. The van der Waals surface area contributed by atoms with Crippen LogP contribution in [0, 0.1) is 0 Å². The Kier molecular flexibility index (Phi) is 4.82. The third-order valence-electron chi connectivity index (χ3n) is 5.17. The molecule has 0 saturated heterocycles. The molecule has 138 valence electrons. The molecule has 0 aliphatic heterocycles. The molecule has 2 fully saturated rings. The zero-order valence-corrected chi connectivity index (χ0v) is 15.2. The monoisotopic (exact) mass is 354 g/mol. The third kappa shape index (κ3) is 4.00. The van der Waals surface area contributed by atoms with Crippen molar-refractivity contribution in [3.8, 4) is 5.75 Å². The standard InChI is InChI=1S/C20H26N4O2/c1-23-12-11-21-19(23)14-24(16-9-10-16)20(25)22-15-5-4-8-18(13-15)26-17-6-2-3-7-17/h4-5,8,11-13,16-17H,2-3,6-7,9-10,14H2,1H3,(H,22,25). The predicted molar refractivity (Wildman–Crippen MR) is 100 cm³/mol. The first-order valence-corrected chi connectivity index (χ1v) is 9.49. The van der Waals surface area contributed by atoms with E-state index in [-0.39, 0.29) is 6.03 Å². The minimum atomic E-state index is -0.0754. The van der Waals surface area contributed by atoms with Crippen molar-refractivity contribution in [2.24, 2.45) is 7.05 Å². The van der Waals surface area contributed by atoms with E-state index >= 15 is 0 Å². The van der Waals surface area contributed by atoms with Gasteiger partial charge in [0.25, 0.3) is 0 Å². The molecule has 2 aromatic rings. The summed E-state index contributed by atoms with van der Waals surface area (Å²) in [4.78, 5) is 19.1. The van der Waals surface area contributed by atoms with Crippen LogP contribution in [-0.2, 0) is 13.6 Å². The topological polar surface area (TPSA) is 59.4 Å². The van der Waals surface area contributed by atoms with Gasteiger partial charge in [-0.15, -0.1) is 0 Å². The Labute approximate surface area is 154 Å². The molecule has 2 aliphatic rings.